The summed E-state index contributed by atoms with van der Waals surface area (Å²) in [5, 5.41) is 12.0. The number of nitrogens with zero attached hydrogens (tertiary/aromatic N) is 4. The molecule has 22 heavy (non-hydrogen) atoms. The summed E-state index contributed by atoms with van der Waals surface area (Å²) in [6.07, 6.45) is 10.9. The van der Waals surface area contributed by atoms with E-state index in [4.69, 9.17) is 0 Å². The average molecular weight is 328 g/mol. The Balaban J connectivity index is 0.00000176. The second-order valence-corrected chi connectivity index (χ2v) is 5.71. The summed E-state index contributed by atoms with van der Waals surface area (Å²) in [4.78, 5) is 0. The van der Waals surface area contributed by atoms with Crippen molar-refractivity contribution in [2.45, 2.75) is 51.7 Å². The minimum absolute atomic E-state index is 0. The molecule has 122 valence electrons. The fourth-order valence-corrected chi connectivity index (χ4v) is 2.98. The molecule has 1 aliphatic rings. The molecule has 0 bridgehead atoms. The van der Waals surface area contributed by atoms with Crippen molar-refractivity contribution in [2.75, 3.05) is 12.0 Å². The molecule has 1 saturated carbocycles. The molecule has 0 radical (unpaired) electrons. The molecule has 5 nitrogen and oxygen atoms in total. The predicted octanol–water partition coefficient (Wildman–Crippen LogP) is 3.51. The molecule has 0 atom stereocenters. The Labute approximate surface area is 136 Å². The molecule has 0 spiro atoms. The lowest BCUT2D eigenvalue weighted by molar-refractivity contribution is 0.429. The van der Waals surface area contributed by atoms with Crippen molar-refractivity contribution >= 4 is 18.2 Å². The Kier molecular flexibility index (Phi) is 5.83. The number of rotatable bonds is 6. The van der Waals surface area contributed by atoms with Crippen molar-refractivity contribution in [3.63, 3.8) is 0 Å². The number of aryl methyl sites for hydroxylation is 2. The van der Waals surface area contributed by atoms with Gasteiger partial charge in [-0.1, -0.05) is 12.8 Å². The maximum absolute atomic E-state index is 12.5. The van der Waals surface area contributed by atoms with Gasteiger partial charge < -0.3 is 5.32 Å². The average Bonchev–Trinajstić information content (AvgIpc) is 3.18. The lowest BCUT2D eigenvalue weighted by Gasteiger charge is -2.10. The van der Waals surface area contributed by atoms with E-state index in [0.29, 0.717) is 12.6 Å². The molecule has 0 saturated heterocycles. The summed E-state index contributed by atoms with van der Waals surface area (Å²) >= 11 is 0. The molecule has 1 aliphatic carbocycles. The normalized spacial score (nSPS) is 15.0. The number of nitrogens with one attached hydrogen (secondary N) is 1. The van der Waals surface area contributed by atoms with Gasteiger partial charge in [0.1, 0.15) is 12.5 Å². The molecular formula is C15H23ClFN5. The summed E-state index contributed by atoms with van der Waals surface area (Å²) < 4.78 is 16.3. The zero-order valence-corrected chi connectivity index (χ0v) is 13.7. The zero-order chi connectivity index (χ0) is 14.7. The third-order valence-electron chi connectivity index (χ3n) is 4.13. The van der Waals surface area contributed by atoms with E-state index in [1.54, 1.807) is 10.9 Å². The number of halogens is 2. The van der Waals surface area contributed by atoms with E-state index >= 15 is 0 Å². The van der Waals surface area contributed by atoms with Crippen LogP contribution in [-0.4, -0.2) is 26.2 Å². The van der Waals surface area contributed by atoms with Crippen LogP contribution in [0.15, 0.2) is 18.6 Å². The van der Waals surface area contributed by atoms with Crippen molar-refractivity contribution in [1.29, 1.82) is 0 Å². The van der Waals surface area contributed by atoms with Gasteiger partial charge in [0.05, 0.1) is 25.0 Å². The van der Waals surface area contributed by atoms with Crippen molar-refractivity contribution in [3.8, 4) is 0 Å². The van der Waals surface area contributed by atoms with E-state index in [-0.39, 0.29) is 19.0 Å². The van der Waals surface area contributed by atoms with Crippen LogP contribution in [0.5, 0.6) is 0 Å². The first kappa shape index (κ1) is 16.8. The molecule has 0 unspecified atom stereocenters. The molecular weight excluding hydrogens is 305 g/mol. The summed E-state index contributed by atoms with van der Waals surface area (Å²) in [7, 11) is 0. The van der Waals surface area contributed by atoms with Crippen LogP contribution in [0.3, 0.4) is 0 Å². The van der Waals surface area contributed by atoms with Gasteiger partial charge in [0.15, 0.2) is 0 Å². The monoisotopic (exact) mass is 327 g/mol. The van der Waals surface area contributed by atoms with E-state index in [2.05, 4.69) is 26.4 Å². The predicted molar refractivity (Wildman–Crippen MR) is 87.2 cm³/mol. The first-order chi connectivity index (χ1) is 10.3. The summed E-state index contributed by atoms with van der Waals surface area (Å²) in [5.41, 5.74) is 2.18. The van der Waals surface area contributed by atoms with E-state index in [9.17, 15) is 4.39 Å². The molecule has 1 fully saturated rings. The Morgan fingerprint density at radius 3 is 2.77 bits per heavy atom. The third kappa shape index (κ3) is 3.61. The zero-order valence-electron chi connectivity index (χ0n) is 12.8. The number of anilines is 1. The minimum atomic E-state index is -0.407. The Bertz CT molecular complexity index is 589. The van der Waals surface area contributed by atoms with Crippen LogP contribution in [0.25, 0.3) is 0 Å². The first-order valence-corrected chi connectivity index (χ1v) is 7.63. The maximum Gasteiger partial charge on any atom is 0.127 e. The molecule has 0 aliphatic heterocycles. The summed E-state index contributed by atoms with van der Waals surface area (Å²) in [5.74, 6) is 0.890. The highest BCUT2D eigenvalue weighted by Gasteiger charge is 2.17. The number of aromatic nitrogens is 4. The second-order valence-electron chi connectivity index (χ2n) is 5.71. The third-order valence-corrected chi connectivity index (χ3v) is 4.13. The van der Waals surface area contributed by atoms with Crippen LogP contribution in [-0.2, 0) is 13.1 Å². The van der Waals surface area contributed by atoms with Gasteiger partial charge >= 0.3 is 0 Å². The van der Waals surface area contributed by atoms with Crippen LogP contribution >= 0.6 is 12.4 Å². The van der Waals surface area contributed by atoms with Gasteiger partial charge in [0.2, 0.25) is 0 Å². The van der Waals surface area contributed by atoms with Crippen LogP contribution in [0, 0.1) is 6.92 Å². The lowest BCUT2D eigenvalue weighted by Crippen LogP contribution is -2.09. The number of hydrogen-bond acceptors (Lipinski definition) is 3. The van der Waals surface area contributed by atoms with Gasteiger partial charge in [0, 0.05) is 23.9 Å². The fourth-order valence-electron chi connectivity index (χ4n) is 2.98. The quantitative estimate of drug-likeness (QED) is 0.883. The van der Waals surface area contributed by atoms with Crippen molar-refractivity contribution in [3.05, 3.63) is 29.7 Å². The largest absolute Gasteiger partial charge is 0.366 e. The molecule has 0 amide bonds. The molecule has 3 rings (SSSR count). The summed E-state index contributed by atoms with van der Waals surface area (Å²) in [6, 6.07) is 0.567. The van der Waals surface area contributed by atoms with Gasteiger partial charge in [0.25, 0.3) is 0 Å². The highest BCUT2D eigenvalue weighted by atomic mass is 35.5. The van der Waals surface area contributed by atoms with E-state index in [1.807, 2.05) is 13.1 Å². The van der Waals surface area contributed by atoms with Crippen molar-refractivity contribution < 1.29 is 4.39 Å². The van der Waals surface area contributed by atoms with Crippen molar-refractivity contribution in [1.82, 2.24) is 19.6 Å². The fraction of sp³-hybridized carbons (Fsp3) is 0.600. The smallest absolute Gasteiger partial charge is 0.127 e. The van der Waals surface area contributed by atoms with E-state index in [1.165, 1.54) is 25.7 Å². The Hall–Kier alpha value is -1.56. The molecule has 2 heterocycles. The minimum Gasteiger partial charge on any atom is -0.366 e. The second kappa shape index (κ2) is 7.63. The van der Waals surface area contributed by atoms with Gasteiger partial charge in [-0.25, -0.2) is 9.07 Å². The Morgan fingerprint density at radius 1 is 1.27 bits per heavy atom. The van der Waals surface area contributed by atoms with Crippen LogP contribution in [0.4, 0.5) is 10.2 Å². The molecule has 0 aromatic carbocycles. The van der Waals surface area contributed by atoms with Gasteiger partial charge in [-0.15, -0.1) is 12.4 Å². The standard InChI is InChI=1S/C15H22FN5.ClH/c1-12-8-18-20(7-6-16)15(12)17-9-13-10-19-21(11-13)14-4-2-3-5-14;/h8,10-11,14,17H,2-7,9H2,1H3;1H. The van der Waals surface area contributed by atoms with Gasteiger partial charge in [-0.3, -0.25) is 4.68 Å². The first-order valence-electron chi connectivity index (χ1n) is 7.63. The highest BCUT2D eigenvalue weighted by molar-refractivity contribution is 5.85. The molecule has 1 N–H and O–H groups in total. The van der Waals surface area contributed by atoms with Crippen LogP contribution in [0.2, 0.25) is 0 Å². The van der Waals surface area contributed by atoms with Gasteiger partial charge in [-0.05, 0) is 19.8 Å². The van der Waals surface area contributed by atoms with Crippen molar-refractivity contribution in [2.24, 2.45) is 0 Å². The lowest BCUT2D eigenvalue weighted by atomic mass is 10.2. The Morgan fingerprint density at radius 2 is 2.05 bits per heavy atom. The number of alkyl halides is 1. The van der Waals surface area contributed by atoms with Crippen LogP contribution < -0.4 is 5.32 Å². The number of hydrogen-bond donors (Lipinski definition) is 1. The van der Waals surface area contributed by atoms with Crippen LogP contribution in [0.1, 0.15) is 42.9 Å². The SMILES string of the molecule is Cc1cnn(CCF)c1NCc1cnn(C2CCCC2)c1.Cl. The molecule has 7 heteroatoms. The topological polar surface area (TPSA) is 47.7 Å². The van der Waals surface area contributed by atoms with Gasteiger partial charge in [-0.2, -0.15) is 10.2 Å². The highest BCUT2D eigenvalue weighted by Crippen LogP contribution is 2.28. The maximum atomic E-state index is 12.5. The molecule has 2 aromatic heterocycles. The molecule has 2 aromatic rings. The summed E-state index contributed by atoms with van der Waals surface area (Å²) in [6.45, 7) is 2.55. The van der Waals surface area contributed by atoms with E-state index < -0.39 is 6.67 Å². The van der Waals surface area contributed by atoms with E-state index in [0.717, 1.165) is 16.9 Å².